The summed E-state index contributed by atoms with van der Waals surface area (Å²) < 4.78 is 2.07. The molecule has 1 amide bonds. The summed E-state index contributed by atoms with van der Waals surface area (Å²) in [5.74, 6) is 0.128. The van der Waals surface area contributed by atoms with Gasteiger partial charge in [0.2, 0.25) is 0 Å². The second-order valence-electron chi connectivity index (χ2n) is 6.49. The number of nitrogens with one attached hydrogen (secondary N) is 2. The van der Waals surface area contributed by atoms with Crippen molar-refractivity contribution >= 4 is 11.7 Å². The predicted octanol–water partition coefficient (Wildman–Crippen LogP) is 3.58. The largest absolute Gasteiger partial charge is 0.318 e. The number of hydrogen-bond donors (Lipinski definition) is 2. The van der Waals surface area contributed by atoms with Crippen molar-refractivity contribution in [2.24, 2.45) is 0 Å². The van der Waals surface area contributed by atoms with Crippen LogP contribution in [0.2, 0.25) is 0 Å². The molecule has 1 aliphatic heterocycles. The van der Waals surface area contributed by atoms with E-state index in [2.05, 4.69) is 9.99 Å². The second-order valence-corrected chi connectivity index (χ2v) is 6.49. The van der Waals surface area contributed by atoms with Crippen molar-refractivity contribution in [3.8, 4) is 5.69 Å². The van der Waals surface area contributed by atoms with Crippen molar-refractivity contribution in [3.05, 3.63) is 88.7 Å². The fraction of sp³-hybridized carbons (Fsp3) is 0.143. The Bertz CT molecular complexity index is 1000. The smallest absolute Gasteiger partial charge is 0.271 e. The third-order valence-corrected chi connectivity index (χ3v) is 4.80. The number of hydrazine groups is 1. The lowest BCUT2D eigenvalue weighted by Crippen LogP contribution is -2.42. The van der Waals surface area contributed by atoms with E-state index in [0.29, 0.717) is 17.9 Å². The Morgan fingerprint density at radius 3 is 2.46 bits per heavy atom. The molecule has 130 valence electrons. The molecule has 0 radical (unpaired) electrons. The number of carbonyl (C=O) groups is 1. The zero-order valence-electron chi connectivity index (χ0n) is 14.8. The molecule has 4 rings (SSSR count). The van der Waals surface area contributed by atoms with Crippen LogP contribution >= 0.6 is 0 Å². The van der Waals surface area contributed by atoms with Crippen molar-refractivity contribution in [3.63, 3.8) is 0 Å². The van der Waals surface area contributed by atoms with Crippen molar-refractivity contribution in [2.45, 2.75) is 20.4 Å². The highest BCUT2D eigenvalue weighted by Crippen LogP contribution is 2.23. The molecule has 26 heavy (non-hydrogen) atoms. The summed E-state index contributed by atoms with van der Waals surface area (Å²) in [5, 5.41) is 9.88. The molecule has 2 heterocycles. The maximum Gasteiger partial charge on any atom is 0.271 e. The topological polar surface area (TPSA) is 61.1 Å². The van der Waals surface area contributed by atoms with Crippen LogP contribution in [0.1, 0.15) is 32.9 Å². The van der Waals surface area contributed by atoms with E-state index in [9.17, 15) is 4.79 Å². The van der Waals surface area contributed by atoms with Gasteiger partial charge in [0.1, 0.15) is 5.84 Å². The van der Waals surface area contributed by atoms with E-state index in [1.54, 1.807) is 5.01 Å². The van der Waals surface area contributed by atoms with Crippen molar-refractivity contribution in [1.29, 1.82) is 5.41 Å². The maximum absolute atomic E-state index is 12.9. The average molecular weight is 344 g/mol. The highest BCUT2D eigenvalue weighted by Gasteiger charge is 2.26. The normalized spacial score (nSPS) is 13.0. The van der Waals surface area contributed by atoms with Gasteiger partial charge in [-0.05, 0) is 37.6 Å². The zero-order chi connectivity index (χ0) is 18.3. The minimum Gasteiger partial charge on any atom is -0.318 e. The summed E-state index contributed by atoms with van der Waals surface area (Å²) in [6, 6.07) is 19.6. The second kappa shape index (κ2) is 6.19. The van der Waals surface area contributed by atoms with Crippen LogP contribution in [0.5, 0.6) is 0 Å². The lowest BCUT2D eigenvalue weighted by molar-refractivity contribution is 0.0868. The van der Waals surface area contributed by atoms with Crippen LogP contribution in [0.15, 0.2) is 60.7 Å². The van der Waals surface area contributed by atoms with Gasteiger partial charge in [-0.2, -0.15) is 0 Å². The van der Waals surface area contributed by atoms with E-state index < -0.39 is 0 Å². The first-order valence-corrected chi connectivity index (χ1v) is 8.56. The summed E-state index contributed by atoms with van der Waals surface area (Å²) in [4.78, 5) is 12.9. The monoisotopic (exact) mass is 344 g/mol. The number of hydrogen-bond acceptors (Lipinski definition) is 2. The highest BCUT2D eigenvalue weighted by molar-refractivity contribution is 6.03. The number of rotatable bonds is 3. The molecule has 2 aromatic carbocycles. The van der Waals surface area contributed by atoms with Gasteiger partial charge in [0.25, 0.3) is 5.91 Å². The molecule has 0 bridgehead atoms. The van der Waals surface area contributed by atoms with Gasteiger partial charge >= 0.3 is 0 Å². The molecule has 3 aromatic rings. The summed E-state index contributed by atoms with van der Waals surface area (Å²) in [5.41, 5.74) is 8.33. The van der Waals surface area contributed by atoms with Crippen molar-refractivity contribution < 1.29 is 4.79 Å². The number of para-hydroxylation sites is 1. The molecular weight excluding hydrogens is 324 g/mol. The van der Waals surface area contributed by atoms with Crippen LogP contribution < -0.4 is 5.43 Å². The van der Waals surface area contributed by atoms with Gasteiger partial charge in [-0.1, -0.05) is 42.5 Å². The minimum absolute atomic E-state index is 0.196. The van der Waals surface area contributed by atoms with Gasteiger partial charge < -0.3 is 4.57 Å². The van der Waals surface area contributed by atoms with E-state index in [1.807, 2.05) is 74.5 Å². The molecule has 0 spiro atoms. The number of carbonyl (C=O) groups excluding carboxylic acids is 1. The highest BCUT2D eigenvalue weighted by atomic mass is 16.2. The summed E-state index contributed by atoms with van der Waals surface area (Å²) >= 11 is 0. The molecule has 0 saturated carbocycles. The summed E-state index contributed by atoms with van der Waals surface area (Å²) in [6.45, 7) is 4.45. The molecule has 1 aromatic heterocycles. The van der Waals surface area contributed by atoms with Gasteiger partial charge in [0.15, 0.2) is 0 Å². The SMILES string of the molecule is Cc1cc(C(=O)NN2Cc3ccccc3C2=N)c(C)n1-c1ccccc1. The Hall–Kier alpha value is -3.34. The molecule has 5 heteroatoms. The lowest BCUT2D eigenvalue weighted by Gasteiger charge is -2.19. The van der Waals surface area contributed by atoms with Crippen molar-refractivity contribution in [2.75, 3.05) is 0 Å². The Morgan fingerprint density at radius 1 is 1.04 bits per heavy atom. The number of amides is 1. The number of nitrogens with zero attached hydrogens (tertiary/aromatic N) is 2. The fourth-order valence-corrected chi connectivity index (χ4v) is 3.53. The first-order chi connectivity index (χ1) is 12.6. The molecule has 0 unspecified atom stereocenters. The van der Waals surface area contributed by atoms with Crippen LogP contribution in [0, 0.1) is 19.3 Å². The number of aryl methyl sites for hydroxylation is 1. The van der Waals surface area contributed by atoms with Gasteiger partial charge in [-0.15, -0.1) is 0 Å². The molecule has 0 atom stereocenters. The molecule has 2 N–H and O–H groups in total. The van der Waals surface area contributed by atoms with Crippen LogP contribution in [-0.4, -0.2) is 21.3 Å². The quantitative estimate of drug-likeness (QED) is 0.763. The Morgan fingerprint density at radius 2 is 1.73 bits per heavy atom. The molecule has 5 nitrogen and oxygen atoms in total. The fourth-order valence-electron chi connectivity index (χ4n) is 3.53. The Kier molecular flexibility index (Phi) is 3.84. The number of aromatic nitrogens is 1. The van der Waals surface area contributed by atoms with E-state index in [4.69, 9.17) is 5.41 Å². The van der Waals surface area contributed by atoms with Crippen molar-refractivity contribution in [1.82, 2.24) is 15.0 Å². The predicted molar refractivity (Wildman–Crippen MR) is 102 cm³/mol. The Labute approximate surface area is 152 Å². The van der Waals surface area contributed by atoms with E-state index in [1.165, 1.54) is 0 Å². The summed E-state index contributed by atoms with van der Waals surface area (Å²) in [6.07, 6.45) is 0. The minimum atomic E-state index is -0.196. The molecule has 0 saturated heterocycles. The van der Waals surface area contributed by atoms with Gasteiger partial charge in [0.05, 0.1) is 12.1 Å². The summed E-state index contributed by atoms with van der Waals surface area (Å²) in [7, 11) is 0. The first-order valence-electron chi connectivity index (χ1n) is 8.56. The van der Waals surface area contributed by atoms with E-state index >= 15 is 0 Å². The van der Waals surface area contributed by atoms with Crippen LogP contribution in [0.3, 0.4) is 0 Å². The number of benzene rings is 2. The molecule has 0 fully saturated rings. The van der Waals surface area contributed by atoms with Gasteiger partial charge in [-0.25, -0.2) is 0 Å². The molecular formula is C21H20N4O. The van der Waals surface area contributed by atoms with Gasteiger partial charge in [0, 0.05) is 22.6 Å². The molecule has 1 aliphatic rings. The Balaban J connectivity index is 1.60. The lowest BCUT2D eigenvalue weighted by atomic mass is 10.1. The van der Waals surface area contributed by atoms with Crippen LogP contribution in [0.25, 0.3) is 5.69 Å². The average Bonchev–Trinajstić information content (AvgIpc) is 3.12. The number of fused-ring (bicyclic) bond motifs is 1. The third-order valence-electron chi connectivity index (χ3n) is 4.80. The standard InChI is InChI=1S/C21H20N4O/c1-14-12-19(15(2)25(14)17-9-4-3-5-10-17)21(26)23-24-13-16-8-6-7-11-18(16)20(24)22/h3-12,22H,13H2,1-2H3,(H,23,26). The van der Waals surface area contributed by atoms with E-state index in [-0.39, 0.29) is 5.91 Å². The van der Waals surface area contributed by atoms with Crippen LogP contribution in [0.4, 0.5) is 0 Å². The maximum atomic E-state index is 12.9. The van der Waals surface area contributed by atoms with E-state index in [0.717, 1.165) is 28.2 Å². The third kappa shape index (κ3) is 2.58. The zero-order valence-corrected chi connectivity index (χ0v) is 14.8. The first kappa shape index (κ1) is 16.1. The van der Waals surface area contributed by atoms with Gasteiger partial charge in [-0.3, -0.25) is 20.6 Å². The number of amidine groups is 1. The molecule has 0 aliphatic carbocycles. The van der Waals surface area contributed by atoms with Crippen LogP contribution in [-0.2, 0) is 6.54 Å².